The van der Waals surface area contributed by atoms with Gasteiger partial charge in [-0.15, -0.1) is 0 Å². The van der Waals surface area contributed by atoms with Crippen LogP contribution in [0.4, 0.5) is 10.9 Å². The lowest BCUT2D eigenvalue weighted by atomic mass is 10.1. The maximum absolute atomic E-state index is 13.5. The van der Waals surface area contributed by atoms with Gasteiger partial charge in [-0.25, -0.2) is 19.6 Å². The molecule has 1 aliphatic carbocycles. The molecule has 0 aliphatic heterocycles. The molecule has 6 aromatic rings. The second kappa shape index (κ2) is 8.76. The van der Waals surface area contributed by atoms with E-state index in [2.05, 4.69) is 32.4 Å². The smallest absolute Gasteiger partial charge is 0.261 e. The Morgan fingerprint density at radius 3 is 2.90 bits per heavy atom. The van der Waals surface area contributed by atoms with E-state index in [1.807, 2.05) is 28.8 Å². The fourth-order valence-corrected chi connectivity index (χ4v) is 6.09. The van der Waals surface area contributed by atoms with Gasteiger partial charge in [-0.1, -0.05) is 35.1 Å². The number of nitrogens with one attached hydrogen (secondary N) is 1. The van der Waals surface area contributed by atoms with E-state index in [4.69, 9.17) is 22.4 Å². The predicted octanol–water partition coefficient (Wildman–Crippen LogP) is 4.60. The van der Waals surface area contributed by atoms with Gasteiger partial charge in [-0.3, -0.25) is 9.59 Å². The lowest BCUT2D eigenvalue weighted by molar-refractivity contribution is -0.114. The Morgan fingerprint density at radius 1 is 1.26 bits per heavy atom. The van der Waals surface area contributed by atoms with E-state index in [-0.39, 0.29) is 22.5 Å². The third-order valence-corrected chi connectivity index (χ3v) is 7.93. The molecule has 0 unspecified atom stereocenters. The Balaban J connectivity index is 1.38. The molecule has 0 bridgehead atoms. The second-order valence-electron chi connectivity index (χ2n) is 9.45. The number of nitrogens with two attached hydrogens (primary N) is 1. The van der Waals surface area contributed by atoms with Crippen molar-refractivity contribution in [3.05, 3.63) is 69.9 Å². The Kier molecular flexibility index (Phi) is 5.30. The summed E-state index contributed by atoms with van der Waals surface area (Å²) in [5, 5.41) is 10.2. The van der Waals surface area contributed by atoms with Crippen LogP contribution in [-0.2, 0) is 11.3 Å². The van der Waals surface area contributed by atoms with Crippen LogP contribution in [0.2, 0.25) is 5.02 Å². The van der Waals surface area contributed by atoms with Crippen LogP contribution in [0.3, 0.4) is 0 Å². The number of hydrogen-bond donors (Lipinski definition) is 2. The van der Waals surface area contributed by atoms with Crippen LogP contribution in [-0.4, -0.2) is 35.2 Å². The van der Waals surface area contributed by atoms with Gasteiger partial charge < -0.3 is 15.6 Å². The minimum absolute atomic E-state index is 0.115. The fraction of sp³-hybridized carbons (Fsp3) is 0.185. The number of pyridine rings is 1. The van der Waals surface area contributed by atoms with Gasteiger partial charge in [-0.2, -0.15) is 5.10 Å². The SMILES string of the molecule is CC(=O)Nc1nc2ccc(-c3nn(Cc4cc5cc#cc(Cl)c5c(=O)n4C4CC4)c4ncnc(N)c34)cc2s1. The molecule has 2 aromatic carbocycles. The summed E-state index contributed by atoms with van der Waals surface area (Å²) in [6, 6.07) is 15.2. The summed E-state index contributed by atoms with van der Waals surface area (Å²) >= 11 is 7.71. The van der Waals surface area contributed by atoms with Crippen LogP contribution in [0.5, 0.6) is 0 Å². The van der Waals surface area contributed by atoms with Crippen molar-refractivity contribution in [1.82, 2.24) is 29.3 Å². The normalized spacial score (nSPS) is 13.3. The zero-order valence-electron chi connectivity index (χ0n) is 20.5. The first-order valence-electron chi connectivity index (χ1n) is 12.2. The lowest BCUT2D eigenvalue weighted by Gasteiger charge is -2.14. The van der Waals surface area contributed by atoms with Crippen LogP contribution >= 0.6 is 22.9 Å². The molecular weight excluding hydrogens is 536 g/mol. The number of nitrogen functional groups attached to an aromatic ring is 1. The van der Waals surface area contributed by atoms with Gasteiger partial charge in [0.1, 0.15) is 22.9 Å². The maximum Gasteiger partial charge on any atom is 0.261 e. The van der Waals surface area contributed by atoms with E-state index < -0.39 is 0 Å². The third-order valence-electron chi connectivity index (χ3n) is 6.71. The Bertz CT molecular complexity index is 2020. The molecule has 4 aromatic heterocycles. The third kappa shape index (κ3) is 3.96. The molecule has 0 radical (unpaired) electrons. The molecule has 0 spiro atoms. The number of thiazole rings is 1. The van der Waals surface area contributed by atoms with Crippen molar-refractivity contribution in [2.75, 3.05) is 11.1 Å². The first-order valence-corrected chi connectivity index (χ1v) is 13.4. The summed E-state index contributed by atoms with van der Waals surface area (Å²) in [5.74, 6) is 0.125. The molecule has 4 heterocycles. The molecule has 0 saturated heterocycles. The van der Waals surface area contributed by atoms with Crippen molar-refractivity contribution in [2.24, 2.45) is 0 Å². The average molecular weight is 555 g/mol. The highest BCUT2D eigenvalue weighted by Gasteiger charge is 2.29. The van der Waals surface area contributed by atoms with Crippen LogP contribution in [0.25, 0.3) is 43.3 Å². The summed E-state index contributed by atoms with van der Waals surface area (Å²) in [4.78, 5) is 38.2. The Morgan fingerprint density at radius 2 is 2.10 bits per heavy atom. The summed E-state index contributed by atoms with van der Waals surface area (Å²) in [7, 11) is 0. The number of rotatable bonds is 5. The van der Waals surface area contributed by atoms with Crippen molar-refractivity contribution in [1.29, 1.82) is 0 Å². The number of benzene rings is 1. The molecule has 3 N–H and O–H groups in total. The number of fused-ring (bicyclic) bond motifs is 3. The largest absolute Gasteiger partial charge is 0.383 e. The molecule has 12 heteroatoms. The van der Waals surface area contributed by atoms with Gasteiger partial charge in [0.2, 0.25) is 5.91 Å². The number of halogens is 1. The number of nitrogens with zero attached hydrogens (tertiary/aromatic N) is 6. The molecule has 1 fully saturated rings. The highest BCUT2D eigenvalue weighted by Crippen LogP contribution is 2.37. The molecule has 1 saturated carbocycles. The van der Waals surface area contributed by atoms with Gasteiger partial charge in [0, 0.05) is 24.2 Å². The maximum atomic E-state index is 13.5. The molecule has 0 atom stereocenters. The fourth-order valence-electron chi connectivity index (χ4n) is 4.90. The summed E-state index contributed by atoms with van der Waals surface area (Å²) in [6.07, 6.45) is 3.26. The number of aromatic nitrogens is 6. The van der Waals surface area contributed by atoms with E-state index in [0.717, 1.165) is 34.3 Å². The van der Waals surface area contributed by atoms with Crippen molar-refractivity contribution in [2.45, 2.75) is 32.4 Å². The van der Waals surface area contributed by atoms with Crippen LogP contribution < -0.4 is 16.6 Å². The number of amides is 1. The number of carbonyl (C=O) groups is 1. The molecule has 192 valence electrons. The summed E-state index contributed by atoms with van der Waals surface area (Å²) in [6.45, 7) is 1.74. The van der Waals surface area contributed by atoms with E-state index in [9.17, 15) is 9.59 Å². The van der Waals surface area contributed by atoms with E-state index >= 15 is 0 Å². The monoisotopic (exact) mass is 554 g/mol. The zero-order valence-corrected chi connectivity index (χ0v) is 22.1. The Labute approximate surface area is 230 Å². The van der Waals surface area contributed by atoms with Gasteiger partial charge in [0.05, 0.1) is 27.5 Å². The first-order chi connectivity index (χ1) is 18.9. The van der Waals surface area contributed by atoms with Gasteiger partial charge in [0.25, 0.3) is 5.56 Å². The van der Waals surface area contributed by atoms with Gasteiger partial charge in [0.15, 0.2) is 10.8 Å². The van der Waals surface area contributed by atoms with E-state index in [1.54, 1.807) is 10.7 Å². The van der Waals surface area contributed by atoms with Crippen LogP contribution in [0.15, 0.2) is 41.5 Å². The first kappa shape index (κ1) is 23.6. The highest BCUT2D eigenvalue weighted by molar-refractivity contribution is 7.22. The van der Waals surface area contributed by atoms with Crippen LogP contribution in [0.1, 0.15) is 31.5 Å². The van der Waals surface area contributed by atoms with Gasteiger partial charge in [-0.05, 0) is 48.6 Å². The van der Waals surface area contributed by atoms with E-state index in [1.165, 1.54) is 24.6 Å². The second-order valence-corrected chi connectivity index (χ2v) is 10.9. The van der Waals surface area contributed by atoms with Gasteiger partial charge >= 0.3 is 0 Å². The molecular formula is C27H19ClN8O2S. The minimum atomic E-state index is -0.180. The number of anilines is 2. The highest BCUT2D eigenvalue weighted by atomic mass is 35.5. The number of hydrogen-bond acceptors (Lipinski definition) is 8. The minimum Gasteiger partial charge on any atom is -0.383 e. The molecule has 1 aliphatic rings. The standard InChI is InChI=1S/C27H19ClN8O2S/c1-13(37)32-27-33-19-8-5-15(10-20(19)39-27)23-22-24(29)30-12-31-25(22)35(34-23)11-17-9-14-3-2-4-18(28)21(14)26(38)36(17)16-6-7-16/h3,5,8-10,12,16H,6-7,11H2,1H3,(H2,29,30,31)(H,32,33,37). The molecule has 1 amide bonds. The number of carbonyl (C=O) groups excluding carboxylic acids is 1. The summed E-state index contributed by atoms with van der Waals surface area (Å²) < 4.78 is 4.45. The van der Waals surface area contributed by atoms with Crippen molar-refractivity contribution in [3.63, 3.8) is 0 Å². The molecule has 10 nitrogen and oxygen atoms in total. The molecule has 39 heavy (non-hydrogen) atoms. The van der Waals surface area contributed by atoms with Crippen molar-refractivity contribution >= 4 is 71.8 Å². The van der Waals surface area contributed by atoms with E-state index in [0.29, 0.717) is 45.0 Å². The topological polar surface area (TPSA) is 134 Å². The van der Waals surface area contributed by atoms with Crippen molar-refractivity contribution in [3.8, 4) is 11.3 Å². The zero-order chi connectivity index (χ0) is 26.8. The summed E-state index contributed by atoms with van der Waals surface area (Å²) in [5.41, 5.74) is 9.73. The predicted molar refractivity (Wildman–Crippen MR) is 151 cm³/mol. The lowest BCUT2D eigenvalue weighted by Crippen LogP contribution is -2.24. The Hall–Kier alpha value is -4.53. The molecule has 7 rings (SSSR count). The van der Waals surface area contributed by atoms with Crippen LogP contribution in [0, 0.1) is 12.1 Å². The van der Waals surface area contributed by atoms with Crippen molar-refractivity contribution < 1.29 is 4.79 Å². The average Bonchev–Trinajstić information content (AvgIpc) is 3.54. The quantitative estimate of drug-likeness (QED) is 0.318.